The number of carbonyl (C=O) groups is 1. The van der Waals surface area contributed by atoms with Crippen molar-refractivity contribution < 1.29 is 14.1 Å². The Bertz CT molecular complexity index is 1070. The predicted octanol–water partition coefficient (Wildman–Crippen LogP) is 5.19. The van der Waals surface area contributed by atoms with Crippen LogP contribution in [-0.2, 0) is 6.42 Å². The molecule has 2 amide bonds. The van der Waals surface area contributed by atoms with E-state index >= 15 is 0 Å². The van der Waals surface area contributed by atoms with Gasteiger partial charge in [0.05, 0.1) is 12.8 Å². The van der Waals surface area contributed by atoms with Gasteiger partial charge in [-0.05, 0) is 49.4 Å². The van der Waals surface area contributed by atoms with Crippen molar-refractivity contribution in [2.45, 2.75) is 26.2 Å². The molecule has 1 saturated heterocycles. The Balaban J connectivity index is 1.40. The maximum atomic E-state index is 12.8. The van der Waals surface area contributed by atoms with E-state index in [-0.39, 0.29) is 11.9 Å². The van der Waals surface area contributed by atoms with Crippen molar-refractivity contribution >= 4 is 23.3 Å². The van der Waals surface area contributed by atoms with E-state index in [0.29, 0.717) is 47.7 Å². The topological polar surface area (TPSA) is 80.5 Å². The van der Waals surface area contributed by atoms with Crippen LogP contribution in [0.2, 0.25) is 5.02 Å². The molecule has 2 heterocycles. The number of hydrogen-bond acceptors (Lipinski definition) is 5. The normalized spacial score (nSPS) is 16.2. The van der Waals surface area contributed by atoms with Gasteiger partial charge in [-0.1, -0.05) is 41.0 Å². The second-order valence-electron chi connectivity index (χ2n) is 7.76. The Kier molecular flexibility index (Phi) is 6.42. The SMILES string of the molecule is COc1ccc(Cl)cc1NC(=O)N1CCCC(Cc2nc(-c3ccccc3C)no2)C1. The van der Waals surface area contributed by atoms with Crippen LogP contribution in [0.25, 0.3) is 11.4 Å². The van der Waals surface area contributed by atoms with Crippen LogP contribution in [0.5, 0.6) is 5.75 Å². The van der Waals surface area contributed by atoms with E-state index in [0.717, 1.165) is 24.0 Å². The highest BCUT2D eigenvalue weighted by atomic mass is 35.5. The van der Waals surface area contributed by atoms with Crippen molar-refractivity contribution in [1.29, 1.82) is 0 Å². The van der Waals surface area contributed by atoms with Crippen LogP contribution in [0.4, 0.5) is 10.5 Å². The number of benzene rings is 2. The fraction of sp³-hybridized carbons (Fsp3) is 0.348. The number of nitrogens with zero attached hydrogens (tertiary/aromatic N) is 3. The van der Waals surface area contributed by atoms with Crippen LogP contribution in [0.15, 0.2) is 47.0 Å². The molecule has 1 N–H and O–H groups in total. The van der Waals surface area contributed by atoms with Gasteiger partial charge in [0.15, 0.2) is 0 Å². The number of piperidine rings is 1. The number of carbonyl (C=O) groups excluding carboxylic acids is 1. The van der Waals surface area contributed by atoms with Crippen molar-refractivity contribution in [2.24, 2.45) is 5.92 Å². The molecule has 31 heavy (non-hydrogen) atoms. The fourth-order valence-electron chi connectivity index (χ4n) is 3.91. The van der Waals surface area contributed by atoms with Crippen LogP contribution < -0.4 is 10.1 Å². The first-order valence-corrected chi connectivity index (χ1v) is 10.7. The summed E-state index contributed by atoms with van der Waals surface area (Å²) >= 11 is 6.07. The molecule has 1 fully saturated rings. The Morgan fingerprint density at radius 3 is 2.97 bits per heavy atom. The zero-order chi connectivity index (χ0) is 21.8. The molecule has 0 aliphatic carbocycles. The Hall–Kier alpha value is -3.06. The van der Waals surface area contributed by atoms with Crippen molar-refractivity contribution in [3.63, 3.8) is 0 Å². The van der Waals surface area contributed by atoms with E-state index in [2.05, 4.69) is 15.5 Å². The number of halogens is 1. The fourth-order valence-corrected chi connectivity index (χ4v) is 4.08. The van der Waals surface area contributed by atoms with Gasteiger partial charge in [-0.3, -0.25) is 0 Å². The number of amides is 2. The van der Waals surface area contributed by atoms with Gasteiger partial charge in [-0.2, -0.15) is 4.98 Å². The average molecular weight is 441 g/mol. The van der Waals surface area contributed by atoms with E-state index in [9.17, 15) is 4.79 Å². The molecular weight excluding hydrogens is 416 g/mol. The molecule has 0 radical (unpaired) electrons. The quantitative estimate of drug-likeness (QED) is 0.590. The lowest BCUT2D eigenvalue weighted by Gasteiger charge is -2.32. The molecule has 1 atom stereocenters. The monoisotopic (exact) mass is 440 g/mol. The highest BCUT2D eigenvalue weighted by Crippen LogP contribution is 2.29. The van der Waals surface area contributed by atoms with Gasteiger partial charge in [-0.15, -0.1) is 0 Å². The van der Waals surface area contributed by atoms with Crippen LogP contribution in [0.3, 0.4) is 0 Å². The second kappa shape index (κ2) is 9.39. The van der Waals surface area contributed by atoms with Crippen molar-refractivity contribution in [1.82, 2.24) is 15.0 Å². The van der Waals surface area contributed by atoms with Gasteiger partial charge >= 0.3 is 6.03 Å². The van der Waals surface area contributed by atoms with Crippen LogP contribution >= 0.6 is 11.6 Å². The first-order valence-electron chi connectivity index (χ1n) is 10.3. The molecule has 162 valence electrons. The molecule has 1 aromatic heterocycles. The summed E-state index contributed by atoms with van der Waals surface area (Å²) in [4.78, 5) is 19.2. The number of rotatable bonds is 5. The summed E-state index contributed by atoms with van der Waals surface area (Å²) in [6.07, 6.45) is 2.57. The van der Waals surface area contributed by atoms with Gasteiger partial charge < -0.3 is 19.5 Å². The van der Waals surface area contributed by atoms with Crippen LogP contribution in [0, 0.1) is 12.8 Å². The first kappa shape index (κ1) is 21.2. The Morgan fingerprint density at radius 2 is 2.16 bits per heavy atom. The number of likely N-dealkylation sites (tertiary alicyclic amines) is 1. The molecule has 0 saturated carbocycles. The number of methoxy groups -OCH3 is 1. The Morgan fingerprint density at radius 1 is 1.32 bits per heavy atom. The van der Waals surface area contributed by atoms with Crippen LogP contribution in [0.1, 0.15) is 24.3 Å². The Labute approximate surface area is 186 Å². The largest absolute Gasteiger partial charge is 0.495 e. The van der Waals surface area contributed by atoms with Gasteiger partial charge in [-0.25, -0.2) is 4.79 Å². The minimum atomic E-state index is -0.170. The lowest BCUT2D eigenvalue weighted by atomic mass is 9.95. The van der Waals surface area contributed by atoms with Gasteiger partial charge in [0.1, 0.15) is 5.75 Å². The number of anilines is 1. The predicted molar refractivity (Wildman–Crippen MR) is 119 cm³/mol. The summed E-state index contributed by atoms with van der Waals surface area (Å²) in [7, 11) is 1.56. The first-order chi connectivity index (χ1) is 15.0. The van der Waals surface area contributed by atoms with E-state index < -0.39 is 0 Å². The number of aryl methyl sites for hydroxylation is 1. The van der Waals surface area contributed by atoms with Crippen molar-refractivity contribution in [3.8, 4) is 17.1 Å². The minimum absolute atomic E-state index is 0.170. The molecule has 4 rings (SSSR count). The van der Waals surface area contributed by atoms with Crippen LogP contribution in [-0.4, -0.2) is 41.3 Å². The number of hydrogen-bond donors (Lipinski definition) is 1. The summed E-state index contributed by atoms with van der Waals surface area (Å²) in [5.74, 6) is 2.03. The van der Waals surface area contributed by atoms with Crippen molar-refractivity contribution in [3.05, 3.63) is 58.9 Å². The number of urea groups is 1. The summed E-state index contributed by atoms with van der Waals surface area (Å²) in [6.45, 7) is 3.35. The number of nitrogens with one attached hydrogen (secondary N) is 1. The molecule has 1 aliphatic heterocycles. The van der Waals surface area contributed by atoms with E-state index in [1.807, 2.05) is 36.1 Å². The molecule has 2 aromatic carbocycles. The molecule has 0 bridgehead atoms. The molecule has 0 spiro atoms. The molecule has 1 unspecified atom stereocenters. The molecule has 7 nitrogen and oxygen atoms in total. The minimum Gasteiger partial charge on any atom is -0.495 e. The summed E-state index contributed by atoms with van der Waals surface area (Å²) in [5.41, 5.74) is 2.63. The maximum Gasteiger partial charge on any atom is 0.321 e. The summed E-state index contributed by atoms with van der Waals surface area (Å²) < 4.78 is 10.8. The van der Waals surface area contributed by atoms with Gasteiger partial charge in [0.25, 0.3) is 0 Å². The summed E-state index contributed by atoms with van der Waals surface area (Å²) in [6, 6.07) is 12.9. The molecular formula is C23H25ClN4O3. The van der Waals surface area contributed by atoms with E-state index in [1.165, 1.54) is 0 Å². The highest BCUT2D eigenvalue weighted by Gasteiger charge is 2.26. The smallest absolute Gasteiger partial charge is 0.321 e. The lowest BCUT2D eigenvalue weighted by molar-refractivity contribution is 0.173. The van der Waals surface area contributed by atoms with Gasteiger partial charge in [0.2, 0.25) is 11.7 Å². The van der Waals surface area contributed by atoms with E-state index in [1.54, 1.807) is 25.3 Å². The third-order valence-electron chi connectivity index (χ3n) is 5.53. The van der Waals surface area contributed by atoms with Gasteiger partial charge in [0, 0.05) is 30.1 Å². The third-order valence-corrected chi connectivity index (χ3v) is 5.76. The molecule has 3 aromatic rings. The standard InChI is InChI=1S/C23H25ClN4O3/c1-15-6-3-4-8-18(15)22-26-21(31-27-22)12-16-7-5-11-28(14-16)23(29)25-19-13-17(24)9-10-20(19)30-2/h3-4,6,8-10,13,16H,5,7,11-12,14H2,1-2H3,(H,25,29). The average Bonchev–Trinajstić information content (AvgIpc) is 3.22. The second-order valence-corrected chi connectivity index (χ2v) is 8.20. The third kappa shape index (κ3) is 4.99. The molecule has 8 heteroatoms. The lowest BCUT2D eigenvalue weighted by Crippen LogP contribution is -2.42. The van der Waals surface area contributed by atoms with Crippen molar-refractivity contribution in [2.75, 3.05) is 25.5 Å². The zero-order valence-corrected chi connectivity index (χ0v) is 18.4. The zero-order valence-electron chi connectivity index (χ0n) is 17.6. The molecule has 1 aliphatic rings. The van der Waals surface area contributed by atoms with E-state index in [4.69, 9.17) is 20.9 Å². The highest BCUT2D eigenvalue weighted by molar-refractivity contribution is 6.31. The number of aromatic nitrogens is 2. The summed E-state index contributed by atoms with van der Waals surface area (Å²) in [5, 5.41) is 7.59. The maximum absolute atomic E-state index is 12.8. The number of ether oxygens (including phenoxy) is 1.